The molecule has 0 fully saturated rings. The summed E-state index contributed by atoms with van der Waals surface area (Å²) in [6.45, 7) is 8.49. The van der Waals surface area contributed by atoms with E-state index in [1.807, 2.05) is 12.1 Å². The molecule has 3 nitrogen and oxygen atoms in total. The van der Waals surface area contributed by atoms with E-state index in [0.29, 0.717) is 17.9 Å². The Balaban J connectivity index is 2.39. The standard InChI is InChI=1S/C20H30O3/c1-5-7-8-9-14-10-17(21)20-16(15(6-2)13(3)4)12-19(22)23-18(20)11-14/h10-11,16,19,21-22H,5-9,12H2,1-4H3. The van der Waals surface area contributed by atoms with E-state index in [4.69, 9.17) is 4.74 Å². The molecule has 1 aromatic rings. The first-order chi connectivity index (χ1) is 11.0. The number of aliphatic hydroxyl groups excluding tert-OH is 1. The van der Waals surface area contributed by atoms with E-state index in [1.165, 1.54) is 24.0 Å². The summed E-state index contributed by atoms with van der Waals surface area (Å²) in [5.74, 6) is 0.985. The molecule has 0 radical (unpaired) electrons. The number of fused-ring (bicyclic) bond motifs is 1. The normalized spacial score (nSPS) is 19.9. The molecule has 2 unspecified atom stereocenters. The first kappa shape index (κ1) is 17.9. The minimum absolute atomic E-state index is 0.0356. The van der Waals surface area contributed by atoms with Crippen molar-refractivity contribution in [3.05, 3.63) is 34.4 Å². The number of aryl methyl sites for hydroxylation is 1. The summed E-state index contributed by atoms with van der Waals surface area (Å²) in [5.41, 5.74) is 4.46. The SMILES string of the molecule is CCCCCc1cc(O)c2c(c1)OC(O)CC2C(CC)=C(C)C. The molecule has 0 saturated heterocycles. The highest BCUT2D eigenvalue weighted by Gasteiger charge is 2.32. The fourth-order valence-electron chi connectivity index (χ4n) is 3.62. The molecule has 23 heavy (non-hydrogen) atoms. The molecule has 1 heterocycles. The Morgan fingerprint density at radius 2 is 1.96 bits per heavy atom. The quantitative estimate of drug-likeness (QED) is 0.569. The van der Waals surface area contributed by atoms with Gasteiger partial charge in [-0.05, 0) is 50.8 Å². The molecule has 0 spiro atoms. The van der Waals surface area contributed by atoms with Crippen LogP contribution < -0.4 is 4.74 Å². The molecule has 2 rings (SSSR count). The topological polar surface area (TPSA) is 49.7 Å². The third-order valence-corrected chi connectivity index (χ3v) is 4.74. The van der Waals surface area contributed by atoms with Crippen LogP contribution in [-0.4, -0.2) is 16.5 Å². The Labute approximate surface area is 140 Å². The second kappa shape index (κ2) is 7.87. The van der Waals surface area contributed by atoms with E-state index in [2.05, 4.69) is 27.7 Å². The van der Waals surface area contributed by atoms with Crippen molar-refractivity contribution in [2.75, 3.05) is 0 Å². The summed E-state index contributed by atoms with van der Waals surface area (Å²) in [4.78, 5) is 0. The van der Waals surface area contributed by atoms with Gasteiger partial charge in [-0.3, -0.25) is 0 Å². The Hall–Kier alpha value is -1.48. The number of allylic oxidation sites excluding steroid dienone is 2. The lowest BCUT2D eigenvalue weighted by Crippen LogP contribution is -2.26. The van der Waals surface area contributed by atoms with Crippen molar-refractivity contribution in [3.8, 4) is 11.5 Å². The average molecular weight is 318 g/mol. The summed E-state index contributed by atoms with van der Waals surface area (Å²) in [6, 6.07) is 3.87. The molecule has 0 aromatic heterocycles. The Bertz CT molecular complexity index is 570. The molecule has 1 aliphatic heterocycles. The first-order valence-corrected chi connectivity index (χ1v) is 8.84. The van der Waals surface area contributed by atoms with Gasteiger partial charge in [-0.15, -0.1) is 0 Å². The largest absolute Gasteiger partial charge is 0.507 e. The second-order valence-electron chi connectivity index (χ2n) is 6.72. The summed E-state index contributed by atoms with van der Waals surface area (Å²) in [7, 11) is 0. The van der Waals surface area contributed by atoms with E-state index >= 15 is 0 Å². The molecule has 2 atom stereocenters. The van der Waals surface area contributed by atoms with Crippen LogP contribution in [0.5, 0.6) is 11.5 Å². The Morgan fingerprint density at radius 3 is 2.57 bits per heavy atom. The second-order valence-corrected chi connectivity index (χ2v) is 6.72. The minimum atomic E-state index is -0.807. The molecule has 0 amide bonds. The van der Waals surface area contributed by atoms with Gasteiger partial charge >= 0.3 is 0 Å². The number of aliphatic hydroxyl groups is 1. The summed E-state index contributed by atoms with van der Waals surface area (Å²) in [5, 5.41) is 20.7. The lowest BCUT2D eigenvalue weighted by molar-refractivity contribution is -0.0368. The fourth-order valence-corrected chi connectivity index (χ4v) is 3.62. The third-order valence-electron chi connectivity index (χ3n) is 4.74. The molecular formula is C20H30O3. The van der Waals surface area contributed by atoms with Gasteiger partial charge in [-0.2, -0.15) is 0 Å². The van der Waals surface area contributed by atoms with Crippen LogP contribution in [0.15, 0.2) is 23.3 Å². The summed E-state index contributed by atoms with van der Waals surface area (Å²) in [6.07, 6.45) is 5.01. The van der Waals surface area contributed by atoms with Crippen LogP contribution >= 0.6 is 0 Å². The first-order valence-electron chi connectivity index (χ1n) is 8.84. The predicted molar refractivity (Wildman–Crippen MR) is 94.0 cm³/mol. The third kappa shape index (κ3) is 4.08. The van der Waals surface area contributed by atoms with Crippen molar-refractivity contribution in [1.29, 1.82) is 0 Å². The van der Waals surface area contributed by atoms with Crippen LogP contribution in [-0.2, 0) is 6.42 Å². The van der Waals surface area contributed by atoms with Gasteiger partial charge in [0.05, 0.1) is 0 Å². The van der Waals surface area contributed by atoms with Gasteiger partial charge < -0.3 is 14.9 Å². The maximum Gasteiger partial charge on any atom is 0.198 e. The highest BCUT2D eigenvalue weighted by molar-refractivity contribution is 5.53. The van der Waals surface area contributed by atoms with Crippen molar-refractivity contribution in [2.45, 2.75) is 78.4 Å². The van der Waals surface area contributed by atoms with Gasteiger partial charge in [-0.1, -0.05) is 37.8 Å². The summed E-state index contributed by atoms with van der Waals surface area (Å²) >= 11 is 0. The van der Waals surface area contributed by atoms with E-state index in [0.717, 1.165) is 30.4 Å². The maximum absolute atomic E-state index is 10.6. The van der Waals surface area contributed by atoms with Crippen LogP contribution in [0.4, 0.5) is 0 Å². The highest BCUT2D eigenvalue weighted by atomic mass is 16.6. The van der Waals surface area contributed by atoms with Crippen molar-refractivity contribution >= 4 is 0 Å². The zero-order valence-corrected chi connectivity index (χ0v) is 14.9. The van der Waals surface area contributed by atoms with Gasteiger partial charge in [0.2, 0.25) is 0 Å². The van der Waals surface area contributed by atoms with Crippen LogP contribution in [0.3, 0.4) is 0 Å². The number of unbranched alkanes of at least 4 members (excludes halogenated alkanes) is 2. The monoisotopic (exact) mass is 318 g/mol. The number of phenolic OH excluding ortho intramolecular Hbond substituents is 1. The van der Waals surface area contributed by atoms with Crippen LogP contribution in [0.25, 0.3) is 0 Å². The predicted octanol–water partition coefficient (Wildman–Crippen LogP) is 5.06. The van der Waals surface area contributed by atoms with E-state index in [-0.39, 0.29) is 5.92 Å². The molecule has 2 N–H and O–H groups in total. The van der Waals surface area contributed by atoms with Gasteiger partial charge in [0.15, 0.2) is 6.29 Å². The zero-order chi connectivity index (χ0) is 17.0. The molecule has 3 heteroatoms. The Morgan fingerprint density at radius 1 is 1.22 bits per heavy atom. The van der Waals surface area contributed by atoms with Gasteiger partial charge in [0.1, 0.15) is 11.5 Å². The van der Waals surface area contributed by atoms with E-state index in [1.54, 1.807) is 0 Å². The number of phenols is 1. The number of hydrogen-bond donors (Lipinski definition) is 2. The minimum Gasteiger partial charge on any atom is -0.507 e. The smallest absolute Gasteiger partial charge is 0.198 e. The van der Waals surface area contributed by atoms with Crippen molar-refractivity contribution < 1.29 is 14.9 Å². The number of rotatable bonds is 6. The molecule has 128 valence electrons. The number of benzene rings is 1. The van der Waals surface area contributed by atoms with E-state index < -0.39 is 6.29 Å². The molecular weight excluding hydrogens is 288 g/mol. The number of aromatic hydroxyl groups is 1. The lowest BCUT2D eigenvalue weighted by atomic mass is 9.81. The molecule has 0 bridgehead atoms. The summed E-state index contributed by atoms with van der Waals surface area (Å²) < 4.78 is 5.64. The lowest BCUT2D eigenvalue weighted by Gasteiger charge is -2.32. The van der Waals surface area contributed by atoms with Crippen LogP contribution in [0.2, 0.25) is 0 Å². The molecule has 1 aromatic carbocycles. The van der Waals surface area contributed by atoms with Crippen molar-refractivity contribution in [2.24, 2.45) is 0 Å². The maximum atomic E-state index is 10.6. The average Bonchev–Trinajstić information content (AvgIpc) is 2.47. The van der Waals surface area contributed by atoms with Crippen LogP contribution in [0, 0.1) is 0 Å². The number of ether oxygens (including phenoxy) is 1. The number of hydrogen-bond acceptors (Lipinski definition) is 3. The zero-order valence-electron chi connectivity index (χ0n) is 14.9. The van der Waals surface area contributed by atoms with Gasteiger partial charge in [0.25, 0.3) is 0 Å². The molecule has 1 aliphatic rings. The Kier molecular flexibility index (Phi) is 6.11. The van der Waals surface area contributed by atoms with Crippen LogP contribution in [0.1, 0.15) is 76.8 Å². The van der Waals surface area contributed by atoms with E-state index in [9.17, 15) is 10.2 Å². The highest BCUT2D eigenvalue weighted by Crippen LogP contribution is 2.47. The molecule has 0 saturated carbocycles. The van der Waals surface area contributed by atoms with Crippen molar-refractivity contribution in [1.82, 2.24) is 0 Å². The van der Waals surface area contributed by atoms with Gasteiger partial charge in [-0.25, -0.2) is 0 Å². The van der Waals surface area contributed by atoms with Crippen molar-refractivity contribution in [3.63, 3.8) is 0 Å². The van der Waals surface area contributed by atoms with Gasteiger partial charge in [0, 0.05) is 17.9 Å². The molecule has 0 aliphatic carbocycles. The fraction of sp³-hybridized carbons (Fsp3) is 0.600.